The molecule has 6 heteroatoms. The lowest BCUT2D eigenvalue weighted by Gasteiger charge is -2.21. The number of benzene rings is 1. The second-order valence-corrected chi connectivity index (χ2v) is 5.45. The number of hydrogen-bond donors (Lipinski definition) is 1. The summed E-state index contributed by atoms with van der Waals surface area (Å²) in [6, 6.07) is 3.68. The van der Waals surface area contributed by atoms with Crippen molar-refractivity contribution in [2.45, 2.75) is 12.5 Å². The summed E-state index contributed by atoms with van der Waals surface area (Å²) < 4.78 is 10.4. The van der Waals surface area contributed by atoms with Gasteiger partial charge in [-0.3, -0.25) is 4.79 Å². The van der Waals surface area contributed by atoms with Crippen LogP contribution in [0, 0.1) is 0 Å². The van der Waals surface area contributed by atoms with Crippen molar-refractivity contribution < 1.29 is 14.3 Å². The molecule has 1 aromatic carbocycles. The number of likely N-dealkylation sites (tertiary alicyclic amines) is 1. The van der Waals surface area contributed by atoms with Gasteiger partial charge in [-0.1, -0.05) is 0 Å². The molecular weight excluding hydrogens is 270 g/mol. The number of nitrogens with two attached hydrogens (primary N) is 1. The van der Waals surface area contributed by atoms with Crippen molar-refractivity contribution in [1.29, 1.82) is 0 Å². The largest absolute Gasteiger partial charge is 0.493 e. The minimum atomic E-state index is -0.0576. The highest BCUT2D eigenvalue weighted by molar-refractivity contribution is 6.00. The van der Waals surface area contributed by atoms with Gasteiger partial charge < -0.3 is 25.0 Å². The summed E-state index contributed by atoms with van der Waals surface area (Å²) in [6.45, 7) is 1.47. The number of likely N-dealkylation sites (N-methyl/N-ethyl adjacent to an activating group) is 1. The van der Waals surface area contributed by atoms with Crippen LogP contribution < -0.4 is 15.2 Å². The van der Waals surface area contributed by atoms with Gasteiger partial charge in [-0.25, -0.2) is 0 Å². The number of anilines is 1. The summed E-state index contributed by atoms with van der Waals surface area (Å²) in [7, 11) is 7.15. The Kier molecular flexibility index (Phi) is 4.57. The number of ether oxygens (including phenoxy) is 2. The lowest BCUT2D eigenvalue weighted by atomic mass is 10.1. The van der Waals surface area contributed by atoms with Gasteiger partial charge >= 0.3 is 0 Å². The van der Waals surface area contributed by atoms with E-state index in [-0.39, 0.29) is 5.91 Å². The van der Waals surface area contributed by atoms with Crippen molar-refractivity contribution in [3.8, 4) is 11.5 Å². The fourth-order valence-electron chi connectivity index (χ4n) is 2.60. The Bertz CT molecular complexity index is 531. The molecule has 116 valence electrons. The molecule has 0 spiro atoms. The van der Waals surface area contributed by atoms with Crippen molar-refractivity contribution in [2.24, 2.45) is 0 Å². The maximum absolute atomic E-state index is 12.6. The third-order valence-electron chi connectivity index (χ3n) is 3.97. The number of carbonyl (C=O) groups is 1. The smallest absolute Gasteiger partial charge is 0.256 e. The maximum Gasteiger partial charge on any atom is 0.256 e. The molecule has 1 aromatic rings. The summed E-state index contributed by atoms with van der Waals surface area (Å²) in [5.74, 6) is 0.982. The number of amides is 1. The topological polar surface area (TPSA) is 68.0 Å². The van der Waals surface area contributed by atoms with E-state index in [1.807, 2.05) is 19.0 Å². The highest BCUT2D eigenvalue weighted by Gasteiger charge is 2.29. The van der Waals surface area contributed by atoms with Crippen molar-refractivity contribution >= 4 is 11.6 Å². The van der Waals surface area contributed by atoms with Crippen molar-refractivity contribution in [3.63, 3.8) is 0 Å². The molecular formula is C15H23N3O3. The number of carbonyl (C=O) groups excluding carboxylic acids is 1. The molecule has 6 nitrogen and oxygen atoms in total. The monoisotopic (exact) mass is 293 g/mol. The number of rotatable bonds is 4. The fraction of sp³-hybridized carbons (Fsp3) is 0.533. The molecule has 2 N–H and O–H groups in total. The van der Waals surface area contributed by atoms with E-state index in [1.54, 1.807) is 26.4 Å². The zero-order valence-corrected chi connectivity index (χ0v) is 13.0. The molecule has 0 aliphatic carbocycles. The normalized spacial score (nSPS) is 18.1. The van der Waals surface area contributed by atoms with Gasteiger partial charge in [0.05, 0.1) is 19.8 Å². The third-order valence-corrected chi connectivity index (χ3v) is 3.97. The first-order valence-corrected chi connectivity index (χ1v) is 6.95. The molecule has 1 atom stereocenters. The molecule has 21 heavy (non-hydrogen) atoms. The first-order chi connectivity index (χ1) is 9.97. The highest BCUT2D eigenvalue weighted by atomic mass is 16.5. The zero-order chi connectivity index (χ0) is 15.6. The molecule has 1 heterocycles. The predicted molar refractivity (Wildman–Crippen MR) is 82.0 cm³/mol. The summed E-state index contributed by atoms with van der Waals surface area (Å²) in [4.78, 5) is 16.6. The van der Waals surface area contributed by atoms with E-state index >= 15 is 0 Å². The van der Waals surface area contributed by atoms with Crippen LogP contribution in [0.15, 0.2) is 12.1 Å². The second-order valence-electron chi connectivity index (χ2n) is 5.45. The third kappa shape index (κ3) is 3.05. The van der Waals surface area contributed by atoms with Gasteiger partial charge in [0.2, 0.25) is 0 Å². The van der Waals surface area contributed by atoms with Crippen LogP contribution in [0.4, 0.5) is 5.69 Å². The molecule has 1 aliphatic heterocycles. The molecule has 0 bridgehead atoms. The molecule has 1 amide bonds. The van der Waals surface area contributed by atoms with Gasteiger partial charge in [-0.15, -0.1) is 0 Å². The summed E-state index contributed by atoms with van der Waals surface area (Å²) in [6.07, 6.45) is 0.978. The van der Waals surface area contributed by atoms with E-state index in [9.17, 15) is 4.79 Å². The highest BCUT2D eigenvalue weighted by Crippen LogP contribution is 2.33. The Hall–Kier alpha value is -1.95. The van der Waals surface area contributed by atoms with E-state index < -0.39 is 0 Å². The van der Waals surface area contributed by atoms with Crippen LogP contribution >= 0.6 is 0 Å². The van der Waals surface area contributed by atoms with Gasteiger partial charge in [0.15, 0.2) is 11.5 Å². The number of methoxy groups -OCH3 is 2. The van der Waals surface area contributed by atoms with Gasteiger partial charge in [0, 0.05) is 30.9 Å². The minimum Gasteiger partial charge on any atom is -0.493 e. The lowest BCUT2D eigenvalue weighted by Crippen LogP contribution is -2.34. The van der Waals surface area contributed by atoms with E-state index in [0.717, 1.165) is 19.5 Å². The average Bonchev–Trinajstić information content (AvgIpc) is 2.96. The van der Waals surface area contributed by atoms with Crippen molar-refractivity contribution in [1.82, 2.24) is 9.80 Å². The first-order valence-electron chi connectivity index (χ1n) is 6.95. The Morgan fingerprint density at radius 2 is 1.90 bits per heavy atom. The van der Waals surface area contributed by atoms with Crippen LogP contribution in [-0.2, 0) is 0 Å². The van der Waals surface area contributed by atoms with Crippen molar-refractivity contribution in [3.05, 3.63) is 17.7 Å². The average molecular weight is 293 g/mol. The van der Waals surface area contributed by atoms with Crippen LogP contribution in [-0.4, -0.2) is 63.2 Å². The quantitative estimate of drug-likeness (QED) is 0.841. The molecule has 2 rings (SSSR count). The number of nitrogen functional groups attached to an aromatic ring is 1. The standard InChI is InChI=1S/C15H23N3O3/c1-17(2)10-5-6-18(9-10)15(19)11-7-13(20-3)14(21-4)8-12(11)16/h7-8,10H,5-6,9,16H2,1-4H3. The number of nitrogens with zero attached hydrogens (tertiary/aromatic N) is 2. The maximum atomic E-state index is 12.6. The Labute approximate surface area is 125 Å². The van der Waals surface area contributed by atoms with E-state index in [0.29, 0.717) is 28.8 Å². The summed E-state index contributed by atoms with van der Waals surface area (Å²) in [5, 5.41) is 0. The zero-order valence-electron chi connectivity index (χ0n) is 13.0. The van der Waals surface area contributed by atoms with Gasteiger partial charge in [0.1, 0.15) is 0 Å². The minimum absolute atomic E-state index is 0.0576. The molecule has 1 fully saturated rings. The molecule has 1 aliphatic rings. The SMILES string of the molecule is COc1cc(N)c(C(=O)N2CCC(N(C)C)C2)cc1OC. The Morgan fingerprint density at radius 3 is 2.43 bits per heavy atom. The fourth-order valence-corrected chi connectivity index (χ4v) is 2.60. The van der Waals surface area contributed by atoms with E-state index in [2.05, 4.69) is 4.90 Å². The van der Waals surface area contributed by atoms with Crippen LogP contribution in [0.2, 0.25) is 0 Å². The van der Waals surface area contributed by atoms with E-state index in [4.69, 9.17) is 15.2 Å². The first kappa shape index (κ1) is 15.4. The molecule has 0 saturated carbocycles. The Morgan fingerprint density at radius 1 is 1.29 bits per heavy atom. The second kappa shape index (κ2) is 6.22. The van der Waals surface area contributed by atoms with Gasteiger partial charge in [-0.05, 0) is 26.6 Å². The van der Waals surface area contributed by atoms with Gasteiger partial charge in [0.25, 0.3) is 5.91 Å². The van der Waals surface area contributed by atoms with Gasteiger partial charge in [-0.2, -0.15) is 0 Å². The lowest BCUT2D eigenvalue weighted by molar-refractivity contribution is 0.0783. The summed E-state index contributed by atoms with van der Waals surface area (Å²) >= 11 is 0. The molecule has 1 unspecified atom stereocenters. The molecule has 0 aromatic heterocycles. The van der Waals surface area contributed by atoms with Crippen LogP contribution in [0.25, 0.3) is 0 Å². The van der Waals surface area contributed by atoms with Crippen molar-refractivity contribution in [2.75, 3.05) is 47.1 Å². The molecule has 1 saturated heterocycles. The number of hydrogen-bond acceptors (Lipinski definition) is 5. The van der Waals surface area contributed by atoms with Crippen LogP contribution in [0.3, 0.4) is 0 Å². The Balaban J connectivity index is 2.24. The van der Waals surface area contributed by atoms with Crippen LogP contribution in [0.5, 0.6) is 11.5 Å². The predicted octanol–water partition coefficient (Wildman–Crippen LogP) is 1.06. The summed E-state index contributed by atoms with van der Waals surface area (Å²) in [5.41, 5.74) is 6.86. The van der Waals surface area contributed by atoms with Crippen LogP contribution in [0.1, 0.15) is 16.8 Å². The van der Waals surface area contributed by atoms with E-state index in [1.165, 1.54) is 0 Å². The molecule has 0 radical (unpaired) electrons.